The first-order chi connectivity index (χ1) is 3.79. The Labute approximate surface area is 55.0 Å². The summed E-state index contributed by atoms with van der Waals surface area (Å²) >= 11 is 1.99. The van der Waals surface area contributed by atoms with E-state index in [9.17, 15) is 0 Å². The van der Waals surface area contributed by atoms with Gasteiger partial charge in [-0.3, -0.25) is 0 Å². The molecule has 1 rings (SSSR count). The van der Waals surface area contributed by atoms with Crippen molar-refractivity contribution in [2.24, 2.45) is 11.7 Å². The molecule has 0 unspecified atom stereocenters. The Bertz CT molecular complexity index is 66.9. The Morgan fingerprint density at radius 2 is 2.25 bits per heavy atom. The van der Waals surface area contributed by atoms with Crippen LogP contribution in [-0.2, 0) is 0 Å². The third-order valence-corrected chi connectivity index (χ3v) is 2.91. The molecule has 2 heteroatoms. The van der Waals surface area contributed by atoms with Gasteiger partial charge in [-0.25, -0.2) is 0 Å². The van der Waals surface area contributed by atoms with E-state index in [1.54, 1.807) is 0 Å². The summed E-state index contributed by atoms with van der Waals surface area (Å²) in [6.07, 6.45) is 1.23. The molecule has 0 radical (unpaired) electrons. The predicted molar refractivity (Wildman–Crippen MR) is 39.1 cm³/mol. The fourth-order valence-electron chi connectivity index (χ4n) is 1.07. The third kappa shape index (κ3) is 1.67. The van der Waals surface area contributed by atoms with Gasteiger partial charge in [0.1, 0.15) is 0 Å². The van der Waals surface area contributed by atoms with Crippen LogP contribution in [0.2, 0.25) is 0 Å². The SMILES string of the molecule is C[C@H]1CSC[C@H](N)C1. The summed E-state index contributed by atoms with van der Waals surface area (Å²) < 4.78 is 0. The second kappa shape index (κ2) is 2.74. The van der Waals surface area contributed by atoms with Gasteiger partial charge in [0.2, 0.25) is 0 Å². The minimum Gasteiger partial charge on any atom is -0.327 e. The quantitative estimate of drug-likeness (QED) is 0.532. The van der Waals surface area contributed by atoms with Crippen molar-refractivity contribution in [2.45, 2.75) is 19.4 Å². The van der Waals surface area contributed by atoms with Crippen LogP contribution in [0.1, 0.15) is 13.3 Å². The van der Waals surface area contributed by atoms with E-state index in [1.165, 1.54) is 17.9 Å². The predicted octanol–water partition coefficient (Wildman–Crippen LogP) is 1.09. The van der Waals surface area contributed by atoms with Crippen LogP contribution >= 0.6 is 11.8 Å². The third-order valence-electron chi connectivity index (χ3n) is 1.44. The van der Waals surface area contributed by atoms with Crippen LogP contribution < -0.4 is 5.73 Å². The molecular weight excluding hydrogens is 118 g/mol. The largest absolute Gasteiger partial charge is 0.327 e. The number of hydrogen-bond donors (Lipinski definition) is 1. The van der Waals surface area contributed by atoms with Gasteiger partial charge in [-0.15, -0.1) is 0 Å². The lowest BCUT2D eigenvalue weighted by molar-refractivity contribution is 0.516. The van der Waals surface area contributed by atoms with Crippen LogP contribution in [0.25, 0.3) is 0 Å². The van der Waals surface area contributed by atoms with Crippen LogP contribution in [0.15, 0.2) is 0 Å². The summed E-state index contributed by atoms with van der Waals surface area (Å²) in [4.78, 5) is 0. The average Bonchev–Trinajstić information content (AvgIpc) is 1.64. The summed E-state index contributed by atoms with van der Waals surface area (Å²) in [5, 5.41) is 0. The van der Waals surface area contributed by atoms with E-state index in [-0.39, 0.29) is 0 Å². The molecule has 2 N–H and O–H groups in total. The van der Waals surface area contributed by atoms with Crippen LogP contribution in [-0.4, -0.2) is 17.5 Å². The highest BCUT2D eigenvalue weighted by atomic mass is 32.2. The molecule has 0 amide bonds. The molecule has 0 spiro atoms. The Hall–Kier alpha value is 0.310. The van der Waals surface area contributed by atoms with Crippen molar-refractivity contribution in [3.05, 3.63) is 0 Å². The number of nitrogens with two attached hydrogens (primary N) is 1. The van der Waals surface area contributed by atoms with Gasteiger partial charge in [-0.2, -0.15) is 11.8 Å². The van der Waals surface area contributed by atoms with Gasteiger partial charge in [0.15, 0.2) is 0 Å². The second-order valence-electron chi connectivity index (χ2n) is 2.64. The topological polar surface area (TPSA) is 26.0 Å². The lowest BCUT2D eigenvalue weighted by atomic mass is 10.1. The molecule has 2 atom stereocenters. The molecule has 1 heterocycles. The van der Waals surface area contributed by atoms with Crippen LogP contribution in [0.3, 0.4) is 0 Å². The summed E-state index contributed by atoms with van der Waals surface area (Å²) in [5.74, 6) is 3.33. The lowest BCUT2D eigenvalue weighted by Gasteiger charge is -2.22. The first kappa shape index (κ1) is 6.43. The highest BCUT2D eigenvalue weighted by Gasteiger charge is 2.14. The van der Waals surface area contributed by atoms with Crippen molar-refractivity contribution < 1.29 is 0 Å². The van der Waals surface area contributed by atoms with Crippen LogP contribution in [0, 0.1) is 5.92 Å². The molecule has 0 aromatic rings. The smallest absolute Gasteiger partial charge is 0.0133 e. The molecule has 0 bridgehead atoms. The minimum atomic E-state index is 0.476. The summed E-state index contributed by atoms with van der Waals surface area (Å²) in [6, 6.07) is 0.476. The zero-order valence-corrected chi connectivity index (χ0v) is 6.08. The van der Waals surface area contributed by atoms with Gasteiger partial charge < -0.3 is 5.73 Å². The fraction of sp³-hybridized carbons (Fsp3) is 1.00. The van der Waals surface area contributed by atoms with E-state index in [2.05, 4.69) is 6.92 Å². The maximum atomic E-state index is 5.70. The maximum absolute atomic E-state index is 5.70. The molecule has 1 fully saturated rings. The number of rotatable bonds is 0. The van der Waals surface area contributed by atoms with Gasteiger partial charge in [0.25, 0.3) is 0 Å². The molecule has 0 aromatic carbocycles. The van der Waals surface area contributed by atoms with E-state index in [1.807, 2.05) is 11.8 Å². The molecule has 0 aliphatic carbocycles. The molecule has 0 aromatic heterocycles. The highest BCUT2D eigenvalue weighted by molar-refractivity contribution is 7.99. The molecular formula is C6H13NS. The van der Waals surface area contributed by atoms with Crippen molar-refractivity contribution in [3.8, 4) is 0 Å². The van der Waals surface area contributed by atoms with Crippen molar-refractivity contribution in [1.82, 2.24) is 0 Å². The Morgan fingerprint density at radius 3 is 2.62 bits per heavy atom. The zero-order valence-electron chi connectivity index (χ0n) is 5.26. The molecule has 8 heavy (non-hydrogen) atoms. The first-order valence-corrected chi connectivity index (χ1v) is 4.28. The summed E-state index contributed by atoms with van der Waals surface area (Å²) in [5.41, 5.74) is 5.70. The monoisotopic (exact) mass is 131 g/mol. The Balaban J connectivity index is 2.23. The molecule has 1 aliphatic heterocycles. The zero-order chi connectivity index (χ0) is 5.98. The Morgan fingerprint density at radius 1 is 1.50 bits per heavy atom. The fourth-order valence-corrected chi connectivity index (χ4v) is 2.19. The second-order valence-corrected chi connectivity index (χ2v) is 3.71. The normalized spacial score (nSPS) is 39.8. The molecule has 1 aliphatic rings. The van der Waals surface area contributed by atoms with E-state index >= 15 is 0 Å². The van der Waals surface area contributed by atoms with Gasteiger partial charge in [0.05, 0.1) is 0 Å². The van der Waals surface area contributed by atoms with E-state index in [0.29, 0.717) is 6.04 Å². The number of hydrogen-bond acceptors (Lipinski definition) is 2. The van der Waals surface area contributed by atoms with Crippen molar-refractivity contribution in [3.63, 3.8) is 0 Å². The van der Waals surface area contributed by atoms with Crippen LogP contribution in [0.4, 0.5) is 0 Å². The van der Waals surface area contributed by atoms with Gasteiger partial charge >= 0.3 is 0 Å². The number of thioether (sulfide) groups is 1. The van der Waals surface area contributed by atoms with Crippen molar-refractivity contribution in [2.75, 3.05) is 11.5 Å². The molecule has 1 saturated heterocycles. The molecule has 0 saturated carbocycles. The van der Waals surface area contributed by atoms with Crippen molar-refractivity contribution >= 4 is 11.8 Å². The minimum absolute atomic E-state index is 0.476. The van der Waals surface area contributed by atoms with Gasteiger partial charge in [-0.1, -0.05) is 6.92 Å². The van der Waals surface area contributed by atoms with Gasteiger partial charge in [0, 0.05) is 11.8 Å². The first-order valence-electron chi connectivity index (χ1n) is 3.12. The van der Waals surface area contributed by atoms with E-state index < -0.39 is 0 Å². The van der Waals surface area contributed by atoms with E-state index in [4.69, 9.17) is 5.73 Å². The van der Waals surface area contributed by atoms with Crippen LogP contribution in [0.5, 0.6) is 0 Å². The molecule has 48 valence electrons. The van der Waals surface area contributed by atoms with Crippen molar-refractivity contribution in [1.29, 1.82) is 0 Å². The maximum Gasteiger partial charge on any atom is 0.0133 e. The van der Waals surface area contributed by atoms with Gasteiger partial charge in [-0.05, 0) is 18.1 Å². The highest BCUT2D eigenvalue weighted by Crippen LogP contribution is 2.20. The summed E-state index contributed by atoms with van der Waals surface area (Å²) in [7, 11) is 0. The summed E-state index contributed by atoms with van der Waals surface area (Å²) in [6.45, 7) is 2.27. The lowest BCUT2D eigenvalue weighted by Crippen LogP contribution is -2.30. The average molecular weight is 131 g/mol. The van der Waals surface area contributed by atoms with E-state index in [0.717, 1.165) is 5.92 Å². The standard InChI is InChI=1S/C6H13NS/c1-5-2-6(7)4-8-3-5/h5-6H,2-4,7H2,1H3/t5-,6-/m1/s1. The Kier molecular flexibility index (Phi) is 2.20. The molecule has 1 nitrogen and oxygen atoms in total.